The van der Waals surface area contributed by atoms with Crippen molar-refractivity contribution in [2.24, 2.45) is 16.8 Å². The van der Waals surface area contributed by atoms with Crippen LogP contribution >= 0.6 is 0 Å². The van der Waals surface area contributed by atoms with Gasteiger partial charge >= 0.3 is 0 Å². The van der Waals surface area contributed by atoms with Gasteiger partial charge in [-0.1, -0.05) is 78.4 Å². The number of anilines is 2. The molecule has 51 heavy (non-hydrogen) atoms. The number of benzene rings is 4. The summed E-state index contributed by atoms with van der Waals surface area (Å²) in [4.78, 5) is 30.6. The van der Waals surface area contributed by atoms with E-state index in [9.17, 15) is 14.7 Å². The lowest BCUT2D eigenvalue weighted by atomic mass is 9.78. The highest BCUT2D eigenvalue weighted by Crippen LogP contribution is 2.46. The Balaban J connectivity index is 1.09. The summed E-state index contributed by atoms with van der Waals surface area (Å²) in [5.41, 5.74) is 20.4. The summed E-state index contributed by atoms with van der Waals surface area (Å²) in [5.74, 6) is 0.325. The molecule has 1 aliphatic heterocycles. The Bertz CT molecular complexity index is 1810. The van der Waals surface area contributed by atoms with E-state index in [-0.39, 0.29) is 23.8 Å². The van der Waals surface area contributed by atoms with Crippen molar-refractivity contribution in [2.75, 3.05) is 23.9 Å². The van der Waals surface area contributed by atoms with Crippen LogP contribution in [-0.2, 0) is 16.0 Å². The maximum atomic E-state index is 13.6. The number of nitrogens with two attached hydrogens (primary N) is 1. The SMILES string of the molecule is C=C(CCCCNC(=O)C(N)Cc1ccc(N=[N+]=[N-])cc1)Nc1ccc(N2C(=O)C(CC[C@H](O)c3ccccc3)C2c2ccc(OC)cc2)cc1. The Kier molecular flexibility index (Phi) is 12.8. The number of methoxy groups -OCH3 is 1. The van der Waals surface area contributed by atoms with Gasteiger partial charge in [0.25, 0.3) is 0 Å². The van der Waals surface area contributed by atoms with Gasteiger partial charge < -0.3 is 31.1 Å². The number of azide groups is 1. The smallest absolute Gasteiger partial charge is 0.237 e. The predicted molar refractivity (Wildman–Crippen MR) is 200 cm³/mol. The number of carbonyl (C=O) groups excluding carboxylic acids is 2. The number of unbranched alkanes of at least 4 members (excludes halogenated alkanes) is 1. The molecule has 0 bridgehead atoms. The normalized spacial score (nSPS) is 16.3. The third-order valence-electron chi connectivity index (χ3n) is 9.17. The molecule has 3 unspecified atom stereocenters. The molecule has 0 radical (unpaired) electrons. The number of nitrogens with one attached hydrogen (secondary N) is 2. The minimum absolute atomic E-state index is 0.0372. The first-order valence-electron chi connectivity index (χ1n) is 17.2. The molecule has 5 rings (SSSR count). The minimum Gasteiger partial charge on any atom is -0.497 e. The van der Waals surface area contributed by atoms with E-state index in [0.717, 1.165) is 58.8 Å². The Morgan fingerprint density at radius 2 is 1.73 bits per heavy atom. The number of aliphatic hydroxyl groups is 1. The van der Waals surface area contributed by atoms with Crippen LogP contribution in [-0.4, -0.2) is 36.6 Å². The maximum Gasteiger partial charge on any atom is 0.237 e. The average molecular weight is 688 g/mol. The van der Waals surface area contributed by atoms with Crippen molar-refractivity contribution in [1.29, 1.82) is 0 Å². The number of amides is 2. The Hall–Kier alpha value is -5.61. The zero-order valence-electron chi connectivity index (χ0n) is 28.8. The summed E-state index contributed by atoms with van der Waals surface area (Å²) < 4.78 is 5.36. The fourth-order valence-electron chi connectivity index (χ4n) is 6.35. The molecular weight excluding hydrogens is 642 g/mol. The van der Waals surface area contributed by atoms with Crippen molar-refractivity contribution in [3.05, 3.63) is 143 Å². The standard InChI is InChI=1S/C40H45N7O4/c1-27(8-6-7-25-43-39(49)36(41)26-28-11-15-32(16-12-28)45-46-42)44-31-17-19-33(20-18-31)47-38(30-13-21-34(51-2)22-14-30)35(40(47)50)23-24-37(48)29-9-4-3-5-10-29/h3-5,9-22,35-38,44,48H,1,6-8,23-26,41H2,2H3,(H,43,49)/t35?,36?,37-,38?/m0/s1. The summed E-state index contributed by atoms with van der Waals surface area (Å²) in [6.45, 7) is 4.67. The van der Waals surface area contributed by atoms with Crippen LogP contribution in [0.4, 0.5) is 17.1 Å². The van der Waals surface area contributed by atoms with Gasteiger partial charge in [0.1, 0.15) is 5.75 Å². The first-order chi connectivity index (χ1) is 24.8. The van der Waals surface area contributed by atoms with E-state index >= 15 is 0 Å². The highest BCUT2D eigenvalue weighted by molar-refractivity contribution is 6.03. The molecule has 0 spiro atoms. The predicted octanol–water partition coefficient (Wildman–Crippen LogP) is 7.64. The van der Waals surface area contributed by atoms with Gasteiger partial charge in [-0.25, -0.2) is 0 Å². The van der Waals surface area contributed by atoms with E-state index in [1.54, 1.807) is 31.4 Å². The van der Waals surface area contributed by atoms with E-state index in [4.69, 9.17) is 16.0 Å². The fourth-order valence-corrected chi connectivity index (χ4v) is 6.35. The summed E-state index contributed by atoms with van der Waals surface area (Å²) >= 11 is 0. The van der Waals surface area contributed by atoms with E-state index in [2.05, 4.69) is 27.2 Å². The van der Waals surface area contributed by atoms with Crippen molar-refractivity contribution in [3.63, 3.8) is 0 Å². The number of aliphatic hydroxyl groups excluding tert-OH is 1. The highest BCUT2D eigenvalue weighted by Gasteiger charge is 2.48. The van der Waals surface area contributed by atoms with Gasteiger partial charge in [-0.15, -0.1) is 0 Å². The molecule has 0 saturated carbocycles. The van der Waals surface area contributed by atoms with E-state index in [1.807, 2.05) is 83.8 Å². The summed E-state index contributed by atoms with van der Waals surface area (Å²) in [7, 11) is 1.63. The van der Waals surface area contributed by atoms with Crippen LogP contribution in [0.5, 0.6) is 5.75 Å². The van der Waals surface area contributed by atoms with Crippen LogP contribution in [0.1, 0.15) is 60.9 Å². The van der Waals surface area contributed by atoms with E-state index < -0.39 is 12.1 Å². The van der Waals surface area contributed by atoms with Crippen LogP contribution in [0, 0.1) is 5.92 Å². The molecule has 0 aliphatic carbocycles. The van der Waals surface area contributed by atoms with Gasteiger partial charge in [-0.3, -0.25) is 9.59 Å². The number of nitrogens with zero attached hydrogens (tertiary/aromatic N) is 4. The number of rotatable bonds is 18. The van der Waals surface area contributed by atoms with Crippen molar-refractivity contribution in [1.82, 2.24) is 5.32 Å². The number of hydrogen-bond donors (Lipinski definition) is 4. The summed E-state index contributed by atoms with van der Waals surface area (Å²) in [6.07, 6.45) is 3.13. The molecule has 264 valence electrons. The molecule has 1 aliphatic rings. The molecule has 5 N–H and O–H groups in total. The number of β-lactam (4-membered cyclic amide) rings is 1. The Labute approximate surface area is 298 Å². The quantitative estimate of drug-likeness (QED) is 0.0276. The van der Waals surface area contributed by atoms with Crippen LogP contribution in [0.15, 0.2) is 121 Å². The van der Waals surface area contributed by atoms with Gasteiger partial charge in [0.15, 0.2) is 0 Å². The van der Waals surface area contributed by atoms with E-state index in [0.29, 0.717) is 31.5 Å². The molecule has 2 amide bonds. The van der Waals surface area contributed by atoms with Crippen molar-refractivity contribution >= 4 is 28.9 Å². The van der Waals surface area contributed by atoms with Gasteiger partial charge in [0.05, 0.1) is 31.2 Å². The fraction of sp³-hybridized carbons (Fsp3) is 0.300. The van der Waals surface area contributed by atoms with E-state index in [1.165, 1.54) is 0 Å². The first-order valence-corrected chi connectivity index (χ1v) is 17.2. The molecule has 1 saturated heterocycles. The molecule has 4 aromatic rings. The minimum atomic E-state index is -0.675. The van der Waals surface area contributed by atoms with Gasteiger partial charge in [-0.2, -0.15) is 0 Å². The van der Waals surface area contributed by atoms with Crippen LogP contribution in [0.2, 0.25) is 0 Å². The molecule has 11 nitrogen and oxygen atoms in total. The Morgan fingerprint density at radius 3 is 2.39 bits per heavy atom. The molecule has 4 atom stereocenters. The van der Waals surface area contributed by atoms with Gasteiger partial charge in [-0.05, 0) is 97.1 Å². The molecule has 4 aromatic carbocycles. The second-order valence-corrected chi connectivity index (χ2v) is 12.7. The summed E-state index contributed by atoms with van der Waals surface area (Å²) in [5, 5.41) is 20.6. The van der Waals surface area contributed by atoms with Crippen molar-refractivity contribution in [3.8, 4) is 5.75 Å². The lowest BCUT2D eigenvalue weighted by Crippen LogP contribution is -2.55. The monoisotopic (exact) mass is 687 g/mol. The van der Waals surface area contributed by atoms with Gasteiger partial charge in [0.2, 0.25) is 11.8 Å². The van der Waals surface area contributed by atoms with Crippen LogP contribution in [0.3, 0.4) is 0 Å². The lowest BCUT2D eigenvalue weighted by molar-refractivity contribution is -0.131. The largest absolute Gasteiger partial charge is 0.497 e. The van der Waals surface area contributed by atoms with Gasteiger partial charge in [0, 0.05) is 34.2 Å². The van der Waals surface area contributed by atoms with Crippen molar-refractivity contribution < 1.29 is 19.4 Å². The second kappa shape index (κ2) is 17.9. The van der Waals surface area contributed by atoms with Crippen LogP contribution in [0.25, 0.3) is 10.4 Å². The zero-order chi connectivity index (χ0) is 36.2. The number of allylic oxidation sites excluding steroid dienone is 1. The maximum absolute atomic E-state index is 13.6. The summed E-state index contributed by atoms with van der Waals surface area (Å²) in [6, 6.07) is 31.3. The lowest BCUT2D eigenvalue weighted by Gasteiger charge is -2.48. The highest BCUT2D eigenvalue weighted by atomic mass is 16.5. The third-order valence-corrected chi connectivity index (χ3v) is 9.17. The second-order valence-electron chi connectivity index (χ2n) is 12.7. The van der Waals surface area contributed by atoms with Crippen molar-refractivity contribution in [2.45, 2.75) is 56.7 Å². The molecule has 0 aromatic heterocycles. The number of hydrogen-bond acceptors (Lipinski definition) is 7. The van der Waals surface area contributed by atoms with Crippen LogP contribution < -0.4 is 26.0 Å². The number of ether oxygens (including phenoxy) is 1. The zero-order valence-corrected chi connectivity index (χ0v) is 28.8. The molecule has 1 heterocycles. The molecule has 1 fully saturated rings. The molecule has 11 heteroatoms. The molecular formula is C40H45N7O4. The first kappa shape index (κ1) is 36.7. The topological polar surface area (TPSA) is 166 Å². The Morgan fingerprint density at radius 1 is 1.02 bits per heavy atom. The third kappa shape index (κ3) is 9.76. The average Bonchev–Trinajstić information content (AvgIpc) is 3.15. The number of carbonyl (C=O) groups is 2.